The van der Waals surface area contributed by atoms with Crippen molar-refractivity contribution in [2.45, 2.75) is 13.3 Å². The molecule has 1 aromatic heterocycles. The van der Waals surface area contributed by atoms with Crippen LogP contribution in [0.5, 0.6) is 0 Å². The van der Waals surface area contributed by atoms with Crippen molar-refractivity contribution in [2.75, 3.05) is 37.8 Å². The highest BCUT2D eigenvalue weighted by Gasteiger charge is 2.15. The van der Waals surface area contributed by atoms with Gasteiger partial charge in [0.1, 0.15) is 0 Å². The second kappa shape index (κ2) is 5.34. The van der Waals surface area contributed by atoms with Crippen LogP contribution in [0.1, 0.15) is 13.3 Å². The van der Waals surface area contributed by atoms with E-state index in [-0.39, 0.29) is 18.4 Å². The predicted octanol–water partition coefficient (Wildman–Crippen LogP) is -0.308. The van der Waals surface area contributed by atoms with Gasteiger partial charge in [0, 0.05) is 20.6 Å². The monoisotopic (exact) mass is 226 g/mol. The van der Waals surface area contributed by atoms with E-state index in [1.165, 1.54) is 0 Å². The van der Waals surface area contributed by atoms with Crippen LogP contribution in [-0.4, -0.2) is 53.2 Å². The van der Waals surface area contributed by atoms with E-state index in [9.17, 15) is 4.79 Å². The maximum atomic E-state index is 11.6. The van der Waals surface area contributed by atoms with Crippen LogP contribution in [0.15, 0.2) is 0 Å². The molecule has 90 valence electrons. The number of aromatic amines is 1. The summed E-state index contributed by atoms with van der Waals surface area (Å²) in [6.07, 6.45) is 0.912. The van der Waals surface area contributed by atoms with E-state index in [2.05, 4.69) is 15.2 Å². The second-order valence-corrected chi connectivity index (χ2v) is 3.73. The third-order valence-electron chi connectivity index (χ3n) is 2.09. The highest BCUT2D eigenvalue weighted by molar-refractivity contribution is 5.80. The number of rotatable bonds is 5. The Morgan fingerprint density at radius 2 is 2.19 bits per heavy atom. The number of H-pyrrole nitrogens is 1. The quantitative estimate of drug-likeness (QED) is 0.718. The lowest BCUT2D eigenvalue weighted by Crippen LogP contribution is -2.37. The van der Waals surface area contributed by atoms with Crippen LogP contribution in [-0.2, 0) is 4.79 Å². The second-order valence-electron chi connectivity index (χ2n) is 3.73. The van der Waals surface area contributed by atoms with Crippen LogP contribution in [0.3, 0.4) is 0 Å². The van der Waals surface area contributed by atoms with Gasteiger partial charge >= 0.3 is 0 Å². The molecule has 0 aliphatic heterocycles. The third-order valence-corrected chi connectivity index (χ3v) is 2.09. The summed E-state index contributed by atoms with van der Waals surface area (Å²) in [4.78, 5) is 18.9. The number of aromatic nitrogens is 3. The average Bonchev–Trinajstić information content (AvgIpc) is 2.64. The average molecular weight is 226 g/mol. The molecule has 1 rings (SSSR count). The largest absolute Gasteiger partial charge is 0.368 e. The molecule has 16 heavy (non-hydrogen) atoms. The summed E-state index contributed by atoms with van der Waals surface area (Å²) in [5.74, 6) is 0.736. The van der Waals surface area contributed by atoms with Gasteiger partial charge in [0.15, 0.2) is 0 Å². The van der Waals surface area contributed by atoms with Gasteiger partial charge in [-0.05, 0) is 6.42 Å². The topological polar surface area (TPSA) is 91.1 Å². The normalized spacial score (nSPS) is 10.2. The number of amides is 1. The number of likely N-dealkylation sites (N-methyl/N-ethyl adjacent to an activating group) is 1. The number of carbonyl (C=O) groups is 1. The lowest BCUT2D eigenvalue weighted by atomic mass is 10.4. The Bertz CT molecular complexity index is 348. The first-order valence-corrected chi connectivity index (χ1v) is 5.17. The molecule has 3 N–H and O–H groups in total. The van der Waals surface area contributed by atoms with E-state index >= 15 is 0 Å². The minimum Gasteiger partial charge on any atom is -0.368 e. The van der Waals surface area contributed by atoms with Gasteiger partial charge in [-0.3, -0.25) is 4.79 Å². The fraction of sp³-hybridized carbons (Fsp3) is 0.667. The smallest absolute Gasteiger partial charge is 0.246 e. The van der Waals surface area contributed by atoms with Crippen LogP contribution in [0.25, 0.3) is 0 Å². The molecular weight excluding hydrogens is 208 g/mol. The van der Waals surface area contributed by atoms with Crippen LogP contribution < -0.4 is 10.6 Å². The fourth-order valence-corrected chi connectivity index (χ4v) is 1.23. The fourth-order valence-electron chi connectivity index (χ4n) is 1.23. The summed E-state index contributed by atoms with van der Waals surface area (Å²) >= 11 is 0. The minimum absolute atomic E-state index is 0.0109. The molecule has 0 spiro atoms. The van der Waals surface area contributed by atoms with Gasteiger partial charge in [-0.25, -0.2) is 5.10 Å². The van der Waals surface area contributed by atoms with Gasteiger partial charge < -0.3 is 15.5 Å². The molecule has 0 saturated carbocycles. The summed E-state index contributed by atoms with van der Waals surface area (Å²) in [5, 5.41) is 6.50. The molecule has 0 radical (unpaired) electrons. The molecule has 0 aromatic carbocycles. The summed E-state index contributed by atoms with van der Waals surface area (Å²) < 4.78 is 0. The van der Waals surface area contributed by atoms with Gasteiger partial charge in [0.25, 0.3) is 0 Å². The number of nitrogens with one attached hydrogen (secondary N) is 1. The van der Waals surface area contributed by atoms with E-state index in [4.69, 9.17) is 5.73 Å². The van der Waals surface area contributed by atoms with E-state index in [0.29, 0.717) is 5.95 Å². The van der Waals surface area contributed by atoms with E-state index in [1.54, 1.807) is 23.9 Å². The lowest BCUT2D eigenvalue weighted by molar-refractivity contribution is -0.127. The molecular formula is C9H18N6O. The standard InChI is InChI=1S/C9H18N6O/c1-4-5-15(6-7(16)14(2)3)9-11-8(10)12-13-9/h4-6H2,1-3H3,(H3,10,11,12,13). The molecule has 0 aliphatic rings. The Morgan fingerprint density at radius 3 is 2.62 bits per heavy atom. The molecule has 0 aliphatic carbocycles. The Hall–Kier alpha value is -1.79. The Kier molecular flexibility index (Phi) is 4.10. The maximum Gasteiger partial charge on any atom is 0.246 e. The van der Waals surface area contributed by atoms with Crippen molar-refractivity contribution in [1.29, 1.82) is 0 Å². The van der Waals surface area contributed by atoms with Crippen molar-refractivity contribution in [1.82, 2.24) is 20.1 Å². The highest BCUT2D eigenvalue weighted by Crippen LogP contribution is 2.08. The highest BCUT2D eigenvalue weighted by atomic mass is 16.2. The van der Waals surface area contributed by atoms with E-state index in [1.807, 2.05) is 6.92 Å². The first-order chi connectivity index (χ1) is 7.54. The Balaban J connectivity index is 2.71. The Morgan fingerprint density at radius 1 is 1.50 bits per heavy atom. The molecule has 0 saturated heterocycles. The molecule has 1 heterocycles. The van der Waals surface area contributed by atoms with Crippen molar-refractivity contribution in [3.05, 3.63) is 0 Å². The van der Waals surface area contributed by atoms with Crippen LogP contribution in [0.2, 0.25) is 0 Å². The maximum absolute atomic E-state index is 11.6. The van der Waals surface area contributed by atoms with Crippen molar-refractivity contribution in [3.8, 4) is 0 Å². The number of nitrogens with zero attached hydrogens (tertiary/aromatic N) is 4. The van der Waals surface area contributed by atoms with Crippen molar-refractivity contribution < 1.29 is 4.79 Å². The van der Waals surface area contributed by atoms with E-state index in [0.717, 1.165) is 13.0 Å². The molecule has 1 amide bonds. The molecule has 0 atom stereocenters. The first kappa shape index (κ1) is 12.3. The van der Waals surface area contributed by atoms with Crippen molar-refractivity contribution in [3.63, 3.8) is 0 Å². The zero-order valence-electron chi connectivity index (χ0n) is 9.90. The summed E-state index contributed by atoms with van der Waals surface area (Å²) in [7, 11) is 3.44. The lowest BCUT2D eigenvalue weighted by Gasteiger charge is -2.21. The number of nitrogens with two attached hydrogens (primary N) is 1. The zero-order valence-corrected chi connectivity index (χ0v) is 9.90. The molecule has 7 heteroatoms. The predicted molar refractivity (Wildman–Crippen MR) is 62.0 cm³/mol. The van der Waals surface area contributed by atoms with Crippen LogP contribution in [0.4, 0.5) is 11.9 Å². The Labute approximate surface area is 94.6 Å². The summed E-state index contributed by atoms with van der Waals surface area (Å²) in [5.41, 5.74) is 5.45. The van der Waals surface area contributed by atoms with Gasteiger partial charge in [-0.1, -0.05) is 6.92 Å². The summed E-state index contributed by atoms with van der Waals surface area (Å²) in [6.45, 7) is 3.01. The van der Waals surface area contributed by atoms with Crippen LogP contribution in [0, 0.1) is 0 Å². The minimum atomic E-state index is 0.0109. The number of carbonyl (C=O) groups excluding carboxylic acids is 1. The zero-order chi connectivity index (χ0) is 12.1. The van der Waals surface area contributed by atoms with E-state index < -0.39 is 0 Å². The number of anilines is 2. The van der Waals surface area contributed by atoms with Crippen molar-refractivity contribution >= 4 is 17.8 Å². The number of hydrogen-bond acceptors (Lipinski definition) is 5. The summed E-state index contributed by atoms with van der Waals surface area (Å²) in [6, 6.07) is 0. The number of nitrogen functional groups attached to an aromatic ring is 1. The first-order valence-electron chi connectivity index (χ1n) is 5.17. The molecule has 0 unspecified atom stereocenters. The van der Waals surface area contributed by atoms with Crippen LogP contribution >= 0.6 is 0 Å². The number of hydrogen-bond donors (Lipinski definition) is 2. The van der Waals surface area contributed by atoms with Gasteiger partial charge in [0.2, 0.25) is 17.8 Å². The SMILES string of the molecule is CCCN(CC(=O)N(C)C)c1n[nH]c(N)n1. The molecule has 7 nitrogen and oxygen atoms in total. The van der Waals surface area contributed by atoms with Gasteiger partial charge in [0.05, 0.1) is 6.54 Å². The molecule has 0 bridgehead atoms. The van der Waals surface area contributed by atoms with Gasteiger partial charge in [-0.15, -0.1) is 5.10 Å². The van der Waals surface area contributed by atoms with Gasteiger partial charge in [-0.2, -0.15) is 4.98 Å². The third kappa shape index (κ3) is 3.11. The molecule has 1 aromatic rings. The molecule has 0 fully saturated rings. The van der Waals surface area contributed by atoms with Crippen molar-refractivity contribution in [2.24, 2.45) is 0 Å².